The number of rotatable bonds is 7. The minimum atomic E-state index is -0.0658. The second kappa shape index (κ2) is 11.5. The van der Waals surface area contributed by atoms with Crippen molar-refractivity contribution in [3.63, 3.8) is 0 Å². The first-order valence-electron chi connectivity index (χ1n) is 11.0. The fourth-order valence-electron chi connectivity index (χ4n) is 3.91. The molecule has 0 radical (unpaired) electrons. The Morgan fingerprint density at radius 1 is 1.19 bits per heavy atom. The Labute approximate surface area is 185 Å². The molecule has 7 heteroatoms. The van der Waals surface area contributed by atoms with Crippen molar-refractivity contribution in [2.45, 2.75) is 51.7 Å². The number of likely N-dealkylation sites (tertiary alicyclic amines) is 1. The maximum Gasteiger partial charge on any atom is 0.227 e. The number of hydrogen-bond acceptors (Lipinski definition) is 4. The van der Waals surface area contributed by atoms with E-state index in [2.05, 4.69) is 68.1 Å². The second-order valence-corrected chi connectivity index (χ2v) is 8.13. The first-order valence-corrected chi connectivity index (χ1v) is 11.0. The fourth-order valence-corrected chi connectivity index (χ4v) is 3.91. The first kappa shape index (κ1) is 22.7. The van der Waals surface area contributed by atoms with Gasteiger partial charge in [0.05, 0.1) is 0 Å². The van der Waals surface area contributed by atoms with Crippen LogP contribution < -0.4 is 16.0 Å². The van der Waals surface area contributed by atoms with Crippen LogP contribution >= 0.6 is 0 Å². The topological polar surface area (TPSA) is 81.6 Å². The van der Waals surface area contributed by atoms with E-state index in [1.54, 1.807) is 13.1 Å². The van der Waals surface area contributed by atoms with Crippen LogP contribution in [0.3, 0.4) is 0 Å². The highest BCUT2D eigenvalue weighted by Crippen LogP contribution is 2.19. The SMILES string of the molecule is CN=C(NCCC(=O)Nc1cccc(C)n1)NC1CCN(Cc2ccccc2)C(C)C1. The molecule has 0 bridgehead atoms. The Balaban J connectivity index is 1.38. The number of nitrogens with one attached hydrogen (secondary N) is 3. The van der Waals surface area contributed by atoms with Gasteiger partial charge in [0.15, 0.2) is 5.96 Å². The molecule has 166 valence electrons. The summed E-state index contributed by atoms with van der Waals surface area (Å²) in [7, 11) is 1.76. The van der Waals surface area contributed by atoms with Crippen LogP contribution in [-0.2, 0) is 11.3 Å². The fraction of sp³-hybridized carbons (Fsp3) is 0.458. The van der Waals surface area contributed by atoms with Crippen LogP contribution in [0.2, 0.25) is 0 Å². The number of piperidine rings is 1. The van der Waals surface area contributed by atoms with Gasteiger partial charge < -0.3 is 16.0 Å². The summed E-state index contributed by atoms with van der Waals surface area (Å²) in [6, 6.07) is 17.1. The summed E-state index contributed by atoms with van der Waals surface area (Å²) < 4.78 is 0. The van der Waals surface area contributed by atoms with E-state index in [1.165, 1.54) is 5.56 Å². The number of aromatic nitrogens is 1. The standard InChI is InChI=1S/C24H34N6O/c1-18-8-7-11-22(27-18)29-23(31)12-14-26-24(25-3)28-21-13-15-30(19(2)16-21)17-20-9-5-4-6-10-20/h4-11,19,21H,12-17H2,1-3H3,(H2,25,26,28)(H,27,29,31). The van der Waals surface area contributed by atoms with Crippen LogP contribution in [0.1, 0.15) is 37.4 Å². The van der Waals surface area contributed by atoms with Gasteiger partial charge >= 0.3 is 0 Å². The van der Waals surface area contributed by atoms with E-state index < -0.39 is 0 Å². The third-order valence-electron chi connectivity index (χ3n) is 5.61. The van der Waals surface area contributed by atoms with E-state index in [1.807, 2.05) is 19.1 Å². The predicted molar refractivity (Wildman–Crippen MR) is 126 cm³/mol. The molecule has 31 heavy (non-hydrogen) atoms. The minimum Gasteiger partial charge on any atom is -0.356 e. The van der Waals surface area contributed by atoms with Gasteiger partial charge in [-0.2, -0.15) is 0 Å². The van der Waals surface area contributed by atoms with Gasteiger partial charge in [0.25, 0.3) is 0 Å². The molecule has 1 amide bonds. The van der Waals surface area contributed by atoms with Gasteiger partial charge in [0, 0.05) is 50.9 Å². The van der Waals surface area contributed by atoms with E-state index in [-0.39, 0.29) is 5.91 Å². The Morgan fingerprint density at radius 3 is 2.71 bits per heavy atom. The lowest BCUT2D eigenvalue weighted by atomic mass is 9.97. The van der Waals surface area contributed by atoms with Crippen molar-refractivity contribution in [3.8, 4) is 0 Å². The number of carbonyl (C=O) groups excluding carboxylic acids is 1. The van der Waals surface area contributed by atoms with Crippen molar-refractivity contribution in [3.05, 3.63) is 59.8 Å². The van der Waals surface area contributed by atoms with Crippen LogP contribution in [0.15, 0.2) is 53.5 Å². The molecular formula is C24H34N6O. The van der Waals surface area contributed by atoms with Crippen molar-refractivity contribution in [1.82, 2.24) is 20.5 Å². The summed E-state index contributed by atoms with van der Waals surface area (Å²) >= 11 is 0. The molecule has 0 spiro atoms. The largest absolute Gasteiger partial charge is 0.356 e. The first-order chi connectivity index (χ1) is 15.0. The molecule has 1 aromatic carbocycles. The molecule has 1 aromatic heterocycles. The van der Waals surface area contributed by atoms with Gasteiger partial charge in [0.1, 0.15) is 5.82 Å². The lowest BCUT2D eigenvalue weighted by Gasteiger charge is -2.38. The highest BCUT2D eigenvalue weighted by Gasteiger charge is 2.25. The molecule has 0 aliphatic carbocycles. The van der Waals surface area contributed by atoms with Gasteiger partial charge in [-0.1, -0.05) is 36.4 Å². The van der Waals surface area contributed by atoms with E-state index >= 15 is 0 Å². The quantitative estimate of drug-likeness (QED) is 0.472. The molecule has 1 saturated heterocycles. The minimum absolute atomic E-state index is 0.0658. The number of anilines is 1. The van der Waals surface area contributed by atoms with Gasteiger partial charge in [-0.25, -0.2) is 4.98 Å². The van der Waals surface area contributed by atoms with Crippen molar-refractivity contribution < 1.29 is 4.79 Å². The molecule has 2 atom stereocenters. The molecule has 2 heterocycles. The maximum atomic E-state index is 12.2. The highest BCUT2D eigenvalue weighted by molar-refractivity contribution is 5.90. The summed E-state index contributed by atoms with van der Waals surface area (Å²) in [5.41, 5.74) is 2.24. The third kappa shape index (κ3) is 7.36. The van der Waals surface area contributed by atoms with Gasteiger partial charge in [0.2, 0.25) is 5.91 Å². The van der Waals surface area contributed by atoms with Crippen molar-refractivity contribution in [2.75, 3.05) is 25.5 Å². The number of amides is 1. The number of pyridine rings is 1. The number of carbonyl (C=O) groups is 1. The van der Waals surface area contributed by atoms with Crippen molar-refractivity contribution in [2.24, 2.45) is 4.99 Å². The zero-order chi connectivity index (χ0) is 22.1. The molecule has 7 nitrogen and oxygen atoms in total. The lowest BCUT2D eigenvalue weighted by molar-refractivity contribution is -0.116. The number of aryl methyl sites for hydroxylation is 1. The number of hydrogen-bond donors (Lipinski definition) is 3. The molecule has 2 unspecified atom stereocenters. The van der Waals surface area contributed by atoms with Crippen molar-refractivity contribution >= 4 is 17.7 Å². The molecule has 1 aliphatic rings. The monoisotopic (exact) mass is 422 g/mol. The van der Waals surface area contributed by atoms with E-state index in [0.717, 1.165) is 37.6 Å². The Hall–Kier alpha value is -2.93. The predicted octanol–water partition coefficient (Wildman–Crippen LogP) is 2.94. The average molecular weight is 423 g/mol. The molecule has 3 rings (SSSR count). The maximum absolute atomic E-state index is 12.2. The second-order valence-electron chi connectivity index (χ2n) is 8.13. The number of benzene rings is 1. The van der Waals surface area contributed by atoms with Gasteiger partial charge in [-0.15, -0.1) is 0 Å². The van der Waals surface area contributed by atoms with Crippen LogP contribution in [0.5, 0.6) is 0 Å². The number of nitrogens with zero attached hydrogens (tertiary/aromatic N) is 3. The summed E-state index contributed by atoms with van der Waals surface area (Å²) in [5.74, 6) is 1.27. The van der Waals surface area contributed by atoms with E-state index in [0.29, 0.717) is 30.9 Å². The van der Waals surface area contributed by atoms with Crippen molar-refractivity contribution in [1.29, 1.82) is 0 Å². The molecule has 1 fully saturated rings. The van der Waals surface area contributed by atoms with Gasteiger partial charge in [-0.05, 0) is 44.4 Å². The summed E-state index contributed by atoms with van der Waals surface area (Å²) in [5, 5.41) is 9.60. The summed E-state index contributed by atoms with van der Waals surface area (Å²) in [6.07, 6.45) is 2.48. The lowest BCUT2D eigenvalue weighted by Crippen LogP contribution is -2.51. The normalized spacial score (nSPS) is 19.6. The highest BCUT2D eigenvalue weighted by atomic mass is 16.1. The number of guanidine groups is 1. The van der Waals surface area contributed by atoms with E-state index in [9.17, 15) is 4.79 Å². The van der Waals surface area contributed by atoms with Crippen LogP contribution in [0.25, 0.3) is 0 Å². The van der Waals surface area contributed by atoms with Crippen LogP contribution in [0, 0.1) is 6.92 Å². The van der Waals surface area contributed by atoms with E-state index in [4.69, 9.17) is 0 Å². The number of aliphatic imine (C=N–C) groups is 1. The van der Waals surface area contributed by atoms with Crippen LogP contribution in [0.4, 0.5) is 5.82 Å². The summed E-state index contributed by atoms with van der Waals surface area (Å²) in [6.45, 7) is 6.75. The molecule has 2 aromatic rings. The Bertz CT molecular complexity index is 869. The smallest absolute Gasteiger partial charge is 0.227 e. The Morgan fingerprint density at radius 2 is 2.00 bits per heavy atom. The molecular weight excluding hydrogens is 388 g/mol. The zero-order valence-electron chi connectivity index (χ0n) is 18.8. The van der Waals surface area contributed by atoms with Gasteiger partial charge in [-0.3, -0.25) is 14.7 Å². The summed E-state index contributed by atoms with van der Waals surface area (Å²) in [4.78, 5) is 23.3. The van der Waals surface area contributed by atoms with Crippen LogP contribution in [-0.4, -0.2) is 54.0 Å². The molecule has 0 saturated carbocycles. The third-order valence-corrected chi connectivity index (χ3v) is 5.61. The molecule has 1 aliphatic heterocycles. The average Bonchev–Trinajstić information content (AvgIpc) is 2.75. The zero-order valence-corrected chi connectivity index (χ0v) is 18.8. The molecule has 3 N–H and O–H groups in total. The Kier molecular flexibility index (Phi) is 8.41.